The summed E-state index contributed by atoms with van der Waals surface area (Å²) in [5.74, 6) is 3.57. The normalized spacial score (nSPS) is 22.4. The van der Waals surface area contributed by atoms with E-state index in [1.807, 2.05) is 13.8 Å². The van der Waals surface area contributed by atoms with Gasteiger partial charge in [0.05, 0.1) is 4.92 Å². The fourth-order valence-electron chi connectivity index (χ4n) is 6.58. The average Bonchev–Trinajstić information content (AvgIpc) is 3.47. The Hall–Kier alpha value is -3.54. The number of nitro groups is 1. The third-order valence-electron chi connectivity index (χ3n) is 8.40. The molecule has 3 aromatic heterocycles. The minimum absolute atomic E-state index is 0.0173. The molecule has 3 heterocycles. The van der Waals surface area contributed by atoms with Gasteiger partial charge in [0, 0.05) is 38.2 Å². The standard InChI is InChI=1S/C27H38N8O4/c1-3-11-33-25-23(26(36)34(12-4-2)27(33)37)31-24(32-25)19-13-17-5-6-18(14-19)21(17)16-28-9-10-29-22-8-7-20(15-30-22)35(38)39/h7-8,15,17-19,21,28H,3-6,9-14,16H2,1-2H3,(H,29,30)(H,31,32). The van der Waals surface area contributed by atoms with Crippen molar-refractivity contribution in [1.29, 1.82) is 0 Å². The highest BCUT2D eigenvalue weighted by molar-refractivity contribution is 5.70. The molecule has 0 aliphatic heterocycles. The van der Waals surface area contributed by atoms with Crippen LogP contribution in [-0.2, 0) is 13.1 Å². The van der Waals surface area contributed by atoms with Crippen LogP contribution < -0.4 is 21.9 Å². The van der Waals surface area contributed by atoms with E-state index < -0.39 is 4.92 Å². The van der Waals surface area contributed by atoms with Crippen molar-refractivity contribution in [2.45, 2.75) is 71.4 Å². The third-order valence-corrected chi connectivity index (χ3v) is 8.40. The van der Waals surface area contributed by atoms with Crippen LogP contribution in [0.15, 0.2) is 27.9 Å². The number of rotatable bonds is 12. The molecule has 3 aromatic rings. The van der Waals surface area contributed by atoms with E-state index in [0.29, 0.717) is 54.4 Å². The van der Waals surface area contributed by atoms with E-state index in [1.165, 1.54) is 29.7 Å². The summed E-state index contributed by atoms with van der Waals surface area (Å²) in [6, 6.07) is 3.07. The van der Waals surface area contributed by atoms with Gasteiger partial charge in [-0.1, -0.05) is 13.8 Å². The molecule has 0 saturated heterocycles. The van der Waals surface area contributed by atoms with E-state index >= 15 is 0 Å². The fourth-order valence-corrected chi connectivity index (χ4v) is 6.58. The molecular formula is C27H38N8O4. The molecule has 0 radical (unpaired) electrons. The smallest absolute Gasteiger partial charge is 0.332 e. The van der Waals surface area contributed by atoms with Crippen molar-refractivity contribution in [3.8, 4) is 0 Å². The van der Waals surface area contributed by atoms with Crippen LogP contribution in [0.1, 0.15) is 64.1 Å². The number of aromatic amines is 1. The van der Waals surface area contributed by atoms with Crippen molar-refractivity contribution in [2.24, 2.45) is 17.8 Å². The number of hydrogen-bond donors (Lipinski definition) is 3. The number of aryl methyl sites for hydroxylation is 1. The minimum atomic E-state index is -0.454. The van der Waals surface area contributed by atoms with Gasteiger partial charge in [-0.05, 0) is 68.9 Å². The first-order chi connectivity index (χ1) is 18.9. The van der Waals surface area contributed by atoms with Crippen LogP contribution in [0.2, 0.25) is 0 Å². The summed E-state index contributed by atoms with van der Waals surface area (Å²) in [6.45, 7) is 7.36. The Morgan fingerprint density at radius 3 is 2.44 bits per heavy atom. The maximum absolute atomic E-state index is 13.1. The van der Waals surface area contributed by atoms with Gasteiger partial charge >= 0.3 is 5.69 Å². The van der Waals surface area contributed by atoms with Gasteiger partial charge in [-0.3, -0.25) is 24.0 Å². The molecule has 2 bridgehead atoms. The van der Waals surface area contributed by atoms with Crippen LogP contribution in [0.5, 0.6) is 0 Å². The Bertz CT molecular complexity index is 1410. The monoisotopic (exact) mass is 538 g/mol. The second-order valence-corrected chi connectivity index (χ2v) is 10.9. The zero-order valence-electron chi connectivity index (χ0n) is 22.7. The summed E-state index contributed by atoms with van der Waals surface area (Å²) in [5.41, 5.74) is 0.415. The SMILES string of the molecule is CCCn1c(=O)c2[nH]c(C3CC4CCC(C3)C4CNCCNc3ccc([N+](=O)[O-])cn3)nc2n(CCC)c1=O. The molecule has 0 aromatic carbocycles. The number of nitrogens with zero attached hydrogens (tertiary/aromatic N) is 5. The molecule has 3 N–H and O–H groups in total. The Balaban J connectivity index is 1.20. The maximum Gasteiger partial charge on any atom is 0.332 e. The molecule has 2 unspecified atom stereocenters. The van der Waals surface area contributed by atoms with E-state index in [9.17, 15) is 19.7 Å². The van der Waals surface area contributed by atoms with E-state index in [-0.39, 0.29) is 22.9 Å². The summed E-state index contributed by atoms with van der Waals surface area (Å²) < 4.78 is 3.01. The lowest BCUT2D eigenvalue weighted by atomic mass is 9.73. The Morgan fingerprint density at radius 1 is 1.08 bits per heavy atom. The predicted octanol–water partition coefficient (Wildman–Crippen LogP) is 3.23. The van der Waals surface area contributed by atoms with Crippen molar-refractivity contribution >= 4 is 22.7 Å². The van der Waals surface area contributed by atoms with Crippen molar-refractivity contribution in [2.75, 3.05) is 25.0 Å². The van der Waals surface area contributed by atoms with Crippen LogP contribution in [-0.4, -0.2) is 48.6 Å². The second-order valence-electron chi connectivity index (χ2n) is 10.9. The summed E-state index contributed by atoms with van der Waals surface area (Å²) in [4.78, 5) is 48.8. The Kier molecular flexibility index (Phi) is 8.10. The molecule has 2 saturated carbocycles. The van der Waals surface area contributed by atoms with Gasteiger partial charge in [0.1, 0.15) is 23.4 Å². The third kappa shape index (κ3) is 5.47. The Morgan fingerprint density at radius 2 is 1.79 bits per heavy atom. The molecule has 12 heteroatoms. The quantitative estimate of drug-likeness (QED) is 0.180. The van der Waals surface area contributed by atoms with Crippen LogP contribution >= 0.6 is 0 Å². The first-order valence-corrected chi connectivity index (χ1v) is 14.2. The number of H-pyrrole nitrogens is 1. The van der Waals surface area contributed by atoms with Gasteiger partial charge < -0.3 is 15.6 Å². The molecule has 0 spiro atoms. The van der Waals surface area contributed by atoms with Crippen molar-refractivity contribution < 1.29 is 4.92 Å². The maximum atomic E-state index is 13.1. The molecular weight excluding hydrogens is 500 g/mol. The van der Waals surface area contributed by atoms with Crippen molar-refractivity contribution in [3.05, 3.63) is 55.1 Å². The lowest BCUT2D eigenvalue weighted by Crippen LogP contribution is -2.40. The molecule has 2 atom stereocenters. The number of hydrogen-bond acceptors (Lipinski definition) is 8. The van der Waals surface area contributed by atoms with Gasteiger partial charge in [-0.25, -0.2) is 14.8 Å². The van der Waals surface area contributed by atoms with E-state index in [4.69, 9.17) is 4.98 Å². The van der Waals surface area contributed by atoms with Crippen LogP contribution in [0.3, 0.4) is 0 Å². The first-order valence-electron chi connectivity index (χ1n) is 14.2. The molecule has 12 nitrogen and oxygen atoms in total. The van der Waals surface area contributed by atoms with Crippen LogP contribution in [0.4, 0.5) is 11.5 Å². The number of pyridine rings is 1. The molecule has 5 rings (SSSR count). The number of aromatic nitrogens is 5. The minimum Gasteiger partial charge on any atom is -0.369 e. The summed E-state index contributed by atoms with van der Waals surface area (Å²) >= 11 is 0. The molecule has 2 aliphatic rings. The number of anilines is 1. The molecule has 2 aliphatic carbocycles. The van der Waals surface area contributed by atoms with E-state index in [1.54, 1.807) is 10.6 Å². The highest BCUT2D eigenvalue weighted by Crippen LogP contribution is 2.51. The fraction of sp³-hybridized carbons (Fsp3) is 0.630. The predicted molar refractivity (Wildman–Crippen MR) is 149 cm³/mol. The largest absolute Gasteiger partial charge is 0.369 e. The number of fused-ring (bicyclic) bond motifs is 3. The number of imidazole rings is 1. The highest BCUT2D eigenvalue weighted by Gasteiger charge is 2.43. The van der Waals surface area contributed by atoms with Crippen molar-refractivity contribution in [3.63, 3.8) is 0 Å². The zero-order chi connectivity index (χ0) is 27.5. The first kappa shape index (κ1) is 27.0. The molecule has 210 valence electrons. The number of nitrogens with one attached hydrogen (secondary N) is 3. The van der Waals surface area contributed by atoms with Crippen LogP contribution in [0.25, 0.3) is 11.2 Å². The summed E-state index contributed by atoms with van der Waals surface area (Å²) in [6.07, 6.45) is 7.27. The topological polar surface area (TPSA) is 153 Å². The lowest BCUT2D eigenvalue weighted by Gasteiger charge is -2.34. The molecule has 0 amide bonds. The molecule has 39 heavy (non-hydrogen) atoms. The van der Waals surface area contributed by atoms with Gasteiger partial charge in [0.2, 0.25) is 0 Å². The van der Waals surface area contributed by atoms with Crippen LogP contribution in [0, 0.1) is 27.9 Å². The van der Waals surface area contributed by atoms with Gasteiger partial charge in [-0.2, -0.15) is 0 Å². The van der Waals surface area contributed by atoms with Gasteiger partial charge in [0.25, 0.3) is 11.2 Å². The van der Waals surface area contributed by atoms with Gasteiger partial charge in [-0.15, -0.1) is 0 Å². The summed E-state index contributed by atoms with van der Waals surface area (Å²) in [7, 11) is 0. The average molecular weight is 539 g/mol. The van der Waals surface area contributed by atoms with E-state index in [2.05, 4.69) is 20.6 Å². The van der Waals surface area contributed by atoms with E-state index in [0.717, 1.165) is 44.6 Å². The second kappa shape index (κ2) is 11.7. The summed E-state index contributed by atoms with van der Waals surface area (Å²) in [5, 5.41) is 17.5. The highest BCUT2D eigenvalue weighted by atomic mass is 16.6. The van der Waals surface area contributed by atoms with Gasteiger partial charge in [0.15, 0.2) is 5.65 Å². The zero-order valence-corrected chi connectivity index (χ0v) is 22.7. The van der Waals surface area contributed by atoms with Crippen molar-refractivity contribution in [1.82, 2.24) is 29.4 Å². The lowest BCUT2D eigenvalue weighted by molar-refractivity contribution is -0.385. The Labute approximate surface area is 226 Å². The molecule has 2 fully saturated rings.